The fraction of sp³-hybridized carbons (Fsp3) is 0.231. The second-order valence-corrected chi connectivity index (χ2v) is 4.44. The van der Waals surface area contributed by atoms with Crippen LogP contribution in [0.1, 0.15) is 11.3 Å². The van der Waals surface area contributed by atoms with Gasteiger partial charge in [-0.1, -0.05) is 30.3 Å². The normalized spacial score (nSPS) is 10.3. The van der Waals surface area contributed by atoms with Crippen molar-refractivity contribution in [2.45, 2.75) is 13.5 Å². The first-order chi connectivity index (χ1) is 9.49. The lowest BCUT2D eigenvalue weighted by atomic mass is 10.2. The lowest BCUT2D eigenvalue weighted by Crippen LogP contribution is -2.20. The summed E-state index contributed by atoms with van der Waals surface area (Å²) in [5, 5.41) is 11.2. The number of nitrogens with zero attached hydrogens (tertiary/aromatic N) is 4. The molecule has 104 valence electrons. The number of nitro groups is 1. The van der Waals surface area contributed by atoms with Crippen molar-refractivity contribution in [2.24, 2.45) is 0 Å². The molecule has 0 radical (unpaired) electrons. The molecular weight excluding hydrogens is 258 g/mol. The molecule has 0 spiro atoms. The first-order valence-electron chi connectivity index (χ1n) is 6.02. The van der Waals surface area contributed by atoms with Crippen molar-refractivity contribution in [3.63, 3.8) is 0 Å². The highest BCUT2D eigenvalue weighted by molar-refractivity contribution is 5.61. The van der Waals surface area contributed by atoms with Gasteiger partial charge in [-0.05, 0) is 12.5 Å². The van der Waals surface area contributed by atoms with E-state index in [1.807, 2.05) is 30.3 Å². The zero-order valence-corrected chi connectivity index (χ0v) is 11.3. The van der Waals surface area contributed by atoms with Crippen LogP contribution in [0.25, 0.3) is 0 Å². The number of hydrogen-bond donors (Lipinski definition) is 1. The lowest BCUT2D eigenvalue weighted by Gasteiger charge is -2.18. The molecule has 0 bridgehead atoms. The molecule has 0 aliphatic carbocycles. The van der Waals surface area contributed by atoms with Crippen LogP contribution in [0.15, 0.2) is 30.3 Å². The highest BCUT2D eigenvalue weighted by Crippen LogP contribution is 2.29. The molecule has 0 unspecified atom stereocenters. The maximum absolute atomic E-state index is 11.2. The van der Waals surface area contributed by atoms with E-state index in [1.165, 1.54) is 0 Å². The first kappa shape index (κ1) is 13.7. The van der Waals surface area contributed by atoms with Crippen LogP contribution in [-0.2, 0) is 6.54 Å². The largest absolute Gasteiger partial charge is 0.368 e. The van der Waals surface area contributed by atoms with Gasteiger partial charge in [-0.3, -0.25) is 10.1 Å². The fourth-order valence-electron chi connectivity index (χ4n) is 1.99. The van der Waals surface area contributed by atoms with E-state index in [1.54, 1.807) is 18.9 Å². The topological polar surface area (TPSA) is 98.2 Å². The summed E-state index contributed by atoms with van der Waals surface area (Å²) < 4.78 is 0. The van der Waals surface area contributed by atoms with Gasteiger partial charge in [-0.25, -0.2) is 4.98 Å². The van der Waals surface area contributed by atoms with Gasteiger partial charge in [0.05, 0.1) is 4.92 Å². The fourth-order valence-corrected chi connectivity index (χ4v) is 1.99. The molecule has 0 aliphatic heterocycles. The predicted octanol–water partition coefficient (Wildman–Crippen LogP) is 1.91. The Labute approximate surface area is 116 Å². The predicted molar refractivity (Wildman–Crippen MR) is 76.4 cm³/mol. The van der Waals surface area contributed by atoms with E-state index in [4.69, 9.17) is 5.73 Å². The van der Waals surface area contributed by atoms with Crippen molar-refractivity contribution in [3.8, 4) is 0 Å². The third-order valence-corrected chi connectivity index (χ3v) is 2.86. The molecule has 2 aromatic rings. The Kier molecular flexibility index (Phi) is 3.79. The molecule has 0 amide bonds. The van der Waals surface area contributed by atoms with Crippen LogP contribution in [-0.4, -0.2) is 21.9 Å². The molecule has 1 aromatic heterocycles. The highest BCUT2D eigenvalue weighted by Gasteiger charge is 2.24. The van der Waals surface area contributed by atoms with Crippen molar-refractivity contribution >= 4 is 17.5 Å². The summed E-state index contributed by atoms with van der Waals surface area (Å²) in [5.41, 5.74) is 6.76. The SMILES string of the molecule is Cc1nc(N)nc(N(C)Cc2ccccc2)c1[N+](=O)[O-]. The quantitative estimate of drug-likeness (QED) is 0.675. The smallest absolute Gasteiger partial charge is 0.332 e. The highest BCUT2D eigenvalue weighted by atomic mass is 16.6. The van der Waals surface area contributed by atoms with E-state index in [0.29, 0.717) is 6.54 Å². The van der Waals surface area contributed by atoms with Gasteiger partial charge < -0.3 is 10.6 Å². The molecule has 1 heterocycles. The van der Waals surface area contributed by atoms with Crippen molar-refractivity contribution in [1.82, 2.24) is 9.97 Å². The van der Waals surface area contributed by atoms with Crippen LogP contribution >= 0.6 is 0 Å². The van der Waals surface area contributed by atoms with Gasteiger partial charge in [0.15, 0.2) is 0 Å². The monoisotopic (exact) mass is 273 g/mol. The molecule has 0 aliphatic rings. The lowest BCUT2D eigenvalue weighted by molar-refractivity contribution is -0.385. The average Bonchev–Trinajstić information content (AvgIpc) is 2.38. The van der Waals surface area contributed by atoms with Gasteiger partial charge in [0, 0.05) is 13.6 Å². The maximum Gasteiger partial charge on any atom is 0.332 e. The molecule has 2 rings (SSSR count). The Balaban J connectivity index is 2.38. The van der Waals surface area contributed by atoms with Crippen LogP contribution in [0.3, 0.4) is 0 Å². The number of rotatable bonds is 4. The number of nitrogen functional groups attached to an aromatic ring is 1. The summed E-state index contributed by atoms with van der Waals surface area (Å²) in [4.78, 5) is 20.2. The third kappa shape index (κ3) is 2.82. The molecule has 7 heteroatoms. The summed E-state index contributed by atoms with van der Waals surface area (Å²) in [5.74, 6) is 0.256. The molecule has 7 nitrogen and oxygen atoms in total. The number of benzene rings is 1. The van der Waals surface area contributed by atoms with Gasteiger partial charge in [0.2, 0.25) is 11.8 Å². The Hall–Kier alpha value is -2.70. The number of hydrogen-bond acceptors (Lipinski definition) is 6. The number of aryl methyl sites for hydroxylation is 1. The molecule has 0 saturated heterocycles. The molecule has 2 N–H and O–H groups in total. The Morgan fingerprint density at radius 2 is 1.95 bits per heavy atom. The molecule has 20 heavy (non-hydrogen) atoms. The summed E-state index contributed by atoms with van der Waals surface area (Å²) >= 11 is 0. The first-order valence-corrected chi connectivity index (χ1v) is 6.02. The summed E-state index contributed by atoms with van der Waals surface area (Å²) in [7, 11) is 1.74. The minimum absolute atomic E-state index is 0.0306. The van der Waals surface area contributed by atoms with Crippen molar-refractivity contribution in [3.05, 3.63) is 51.7 Å². The van der Waals surface area contributed by atoms with Gasteiger partial charge >= 0.3 is 5.69 Å². The zero-order chi connectivity index (χ0) is 14.7. The van der Waals surface area contributed by atoms with E-state index in [-0.39, 0.29) is 23.1 Å². The molecule has 0 saturated carbocycles. The molecule has 0 atom stereocenters. The minimum atomic E-state index is -0.481. The maximum atomic E-state index is 11.2. The molecule has 1 aromatic carbocycles. The summed E-state index contributed by atoms with van der Waals surface area (Å²) in [6.45, 7) is 2.05. The van der Waals surface area contributed by atoms with Crippen LogP contribution in [0, 0.1) is 17.0 Å². The van der Waals surface area contributed by atoms with Crippen LogP contribution in [0.5, 0.6) is 0 Å². The van der Waals surface area contributed by atoms with E-state index in [9.17, 15) is 10.1 Å². The Bertz CT molecular complexity index is 630. The number of anilines is 2. The van der Waals surface area contributed by atoms with Crippen LogP contribution in [0.4, 0.5) is 17.5 Å². The third-order valence-electron chi connectivity index (χ3n) is 2.86. The van der Waals surface area contributed by atoms with Crippen molar-refractivity contribution < 1.29 is 4.92 Å². The van der Waals surface area contributed by atoms with Crippen molar-refractivity contribution in [2.75, 3.05) is 17.7 Å². The Morgan fingerprint density at radius 3 is 2.55 bits per heavy atom. The van der Waals surface area contributed by atoms with Crippen molar-refractivity contribution in [1.29, 1.82) is 0 Å². The standard InChI is InChI=1S/C13H15N5O2/c1-9-11(18(19)20)12(16-13(14)15-9)17(2)8-10-6-4-3-5-7-10/h3-7H,8H2,1-2H3,(H2,14,15,16). The summed E-state index contributed by atoms with van der Waals surface area (Å²) in [6, 6.07) is 9.63. The van der Waals surface area contributed by atoms with Gasteiger partial charge in [-0.2, -0.15) is 4.98 Å². The number of aromatic nitrogens is 2. The average molecular weight is 273 g/mol. The van der Waals surface area contributed by atoms with Gasteiger partial charge in [0.1, 0.15) is 5.69 Å². The zero-order valence-electron chi connectivity index (χ0n) is 11.3. The van der Waals surface area contributed by atoms with E-state index in [2.05, 4.69) is 9.97 Å². The van der Waals surface area contributed by atoms with E-state index >= 15 is 0 Å². The van der Waals surface area contributed by atoms with E-state index < -0.39 is 4.92 Å². The van der Waals surface area contributed by atoms with Crippen LogP contribution < -0.4 is 10.6 Å². The minimum Gasteiger partial charge on any atom is -0.368 e. The summed E-state index contributed by atoms with van der Waals surface area (Å²) in [6.07, 6.45) is 0. The second-order valence-electron chi connectivity index (χ2n) is 4.44. The second kappa shape index (κ2) is 5.52. The molecular formula is C13H15N5O2. The van der Waals surface area contributed by atoms with E-state index in [0.717, 1.165) is 5.56 Å². The Morgan fingerprint density at radius 1 is 1.30 bits per heavy atom. The number of nitrogens with two attached hydrogens (primary N) is 1. The van der Waals surface area contributed by atoms with Gasteiger partial charge in [-0.15, -0.1) is 0 Å². The van der Waals surface area contributed by atoms with Gasteiger partial charge in [0.25, 0.3) is 0 Å². The van der Waals surface area contributed by atoms with Crippen LogP contribution in [0.2, 0.25) is 0 Å². The molecule has 0 fully saturated rings.